The SMILES string of the molecule is O=C(CSc1ccc(C(F)(F)F)cc1[N+](=O)[O-])Nc1ccc(N2CCCC2=O)cc1. The van der Waals surface area contributed by atoms with Gasteiger partial charge in [-0.2, -0.15) is 13.2 Å². The van der Waals surface area contributed by atoms with Crippen molar-refractivity contribution in [3.63, 3.8) is 0 Å². The minimum absolute atomic E-state index is 0.0361. The molecule has 2 aromatic rings. The standard InChI is InChI=1S/C19H16F3N3O4S/c20-19(21,22)12-3-8-16(15(10-12)25(28)29)30-11-17(26)23-13-4-6-14(7-5-13)24-9-1-2-18(24)27/h3-8,10H,1-2,9,11H2,(H,23,26). The molecule has 1 heterocycles. The summed E-state index contributed by atoms with van der Waals surface area (Å²) in [4.78, 5) is 35.7. The number of hydrogen-bond acceptors (Lipinski definition) is 5. The minimum Gasteiger partial charge on any atom is -0.325 e. The molecular formula is C19H16F3N3O4S. The van der Waals surface area contributed by atoms with Gasteiger partial charge in [-0.25, -0.2) is 0 Å². The first-order chi connectivity index (χ1) is 14.1. The van der Waals surface area contributed by atoms with Gasteiger partial charge in [0.25, 0.3) is 5.69 Å². The number of benzene rings is 2. The van der Waals surface area contributed by atoms with Crippen LogP contribution < -0.4 is 10.2 Å². The molecule has 11 heteroatoms. The number of alkyl halides is 3. The molecule has 1 saturated heterocycles. The fraction of sp³-hybridized carbons (Fsp3) is 0.263. The summed E-state index contributed by atoms with van der Waals surface area (Å²) in [6, 6.07) is 8.85. The van der Waals surface area contributed by atoms with Crippen molar-refractivity contribution in [1.82, 2.24) is 0 Å². The average molecular weight is 439 g/mol. The highest BCUT2D eigenvalue weighted by Gasteiger charge is 2.33. The number of nitro groups is 1. The van der Waals surface area contributed by atoms with Gasteiger partial charge in [-0.1, -0.05) is 0 Å². The fourth-order valence-electron chi connectivity index (χ4n) is 2.94. The summed E-state index contributed by atoms with van der Waals surface area (Å²) in [7, 11) is 0. The third kappa shape index (κ3) is 5.09. The molecule has 0 radical (unpaired) electrons. The number of halogens is 3. The molecule has 0 aromatic heterocycles. The van der Waals surface area contributed by atoms with Crippen molar-refractivity contribution in [3.05, 3.63) is 58.1 Å². The van der Waals surface area contributed by atoms with E-state index in [2.05, 4.69) is 5.32 Å². The van der Waals surface area contributed by atoms with Crippen LogP contribution in [0.15, 0.2) is 47.4 Å². The number of amides is 2. The van der Waals surface area contributed by atoms with Gasteiger partial charge in [0.2, 0.25) is 11.8 Å². The number of nitro benzene ring substituents is 1. The molecule has 0 atom stereocenters. The number of hydrogen-bond donors (Lipinski definition) is 1. The number of nitrogens with one attached hydrogen (secondary N) is 1. The molecule has 0 unspecified atom stereocenters. The van der Waals surface area contributed by atoms with E-state index in [9.17, 15) is 32.9 Å². The zero-order chi connectivity index (χ0) is 21.9. The fourth-order valence-corrected chi connectivity index (χ4v) is 3.75. The van der Waals surface area contributed by atoms with E-state index >= 15 is 0 Å². The Morgan fingerprint density at radius 2 is 1.90 bits per heavy atom. The van der Waals surface area contributed by atoms with Crippen LogP contribution >= 0.6 is 11.8 Å². The molecule has 2 amide bonds. The summed E-state index contributed by atoms with van der Waals surface area (Å²) in [6.07, 6.45) is -3.40. The van der Waals surface area contributed by atoms with Crippen molar-refractivity contribution in [2.75, 3.05) is 22.5 Å². The maximum absolute atomic E-state index is 12.8. The Kier molecular flexibility index (Phi) is 6.30. The molecule has 2 aromatic carbocycles. The molecule has 1 aliphatic heterocycles. The van der Waals surface area contributed by atoms with Crippen LogP contribution in [0.2, 0.25) is 0 Å². The number of thioether (sulfide) groups is 1. The number of carbonyl (C=O) groups excluding carboxylic acids is 2. The molecule has 0 aliphatic carbocycles. The van der Waals surface area contributed by atoms with E-state index in [-0.39, 0.29) is 16.6 Å². The smallest absolute Gasteiger partial charge is 0.325 e. The highest BCUT2D eigenvalue weighted by atomic mass is 32.2. The van der Waals surface area contributed by atoms with Crippen molar-refractivity contribution >= 4 is 40.6 Å². The van der Waals surface area contributed by atoms with Gasteiger partial charge in [-0.05, 0) is 42.8 Å². The van der Waals surface area contributed by atoms with Gasteiger partial charge in [0, 0.05) is 30.4 Å². The molecule has 3 rings (SSSR count). The molecule has 30 heavy (non-hydrogen) atoms. The van der Waals surface area contributed by atoms with Crippen molar-refractivity contribution in [1.29, 1.82) is 0 Å². The summed E-state index contributed by atoms with van der Waals surface area (Å²) in [5.41, 5.74) is -0.634. The summed E-state index contributed by atoms with van der Waals surface area (Å²) in [6.45, 7) is 0.646. The van der Waals surface area contributed by atoms with Gasteiger partial charge in [-0.15, -0.1) is 11.8 Å². The topological polar surface area (TPSA) is 92.5 Å². The lowest BCUT2D eigenvalue weighted by atomic mass is 10.2. The van der Waals surface area contributed by atoms with E-state index in [4.69, 9.17) is 0 Å². The normalized spacial score (nSPS) is 14.1. The Morgan fingerprint density at radius 3 is 2.47 bits per heavy atom. The van der Waals surface area contributed by atoms with Crippen LogP contribution in [0.25, 0.3) is 0 Å². The molecule has 7 nitrogen and oxygen atoms in total. The average Bonchev–Trinajstić information content (AvgIpc) is 3.12. The van der Waals surface area contributed by atoms with E-state index < -0.39 is 28.3 Å². The first-order valence-electron chi connectivity index (χ1n) is 8.84. The van der Waals surface area contributed by atoms with Gasteiger partial charge >= 0.3 is 6.18 Å². The number of rotatable bonds is 6. The van der Waals surface area contributed by atoms with Crippen LogP contribution in [0.3, 0.4) is 0 Å². The molecule has 0 bridgehead atoms. The first kappa shape index (κ1) is 21.6. The van der Waals surface area contributed by atoms with E-state index in [0.29, 0.717) is 24.7 Å². The zero-order valence-electron chi connectivity index (χ0n) is 15.4. The molecule has 0 saturated carbocycles. The van der Waals surface area contributed by atoms with E-state index in [1.54, 1.807) is 29.2 Å². The zero-order valence-corrected chi connectivity index (χ0v) is 16.3. The number of nitrogens with zero attached hydrogens (tertiary/aromatic N) is 2. The number of carbonyl (C=O) groups is 2. The lowest BCUT2D eigenvalue weighted by Crippen LogP contribution is -2.23. The van der Waals surface area contributed by atoms with Crippen molar-refractivity contribution in [3.8, 4) is 0 Å². The Morgan fingerprint density at radius 1 is 1.20 bits per heavy atom. The monoisotopic (exact) mass is 439 g/mol. The van der Waals surface area contributed by atoms with E-state index in [0.717, 1.165) is 36.0 Å². The molecule has 1 fully saturated rings. The van der Waals surface area contributed by atoms with Crippen LogP contribution in [0.5, 0.6) is 0 Å². The van der Waals surface area contributed by atoms with Gasteiger partial charge < -0.3 is 10.2 Å². The highest BCUT2D eigenvalue weighted by molar-refractivity contribution is 8.00. The first-order valence-corrected chi connectivity index (χ1v) is 9.82. The second-order valence-electron chi connectivity index (χ2n) is 6.47. The maximum Gasteiger partial charge on any atom is 0.416 e. The van der Waals surface area contributed by atoms with Gasteiger partial charge in [0.05, 0.1) is 21.1 Å². The third-order valence-electron chi connectivity index (χ3n) is 4.38. The van der Waals surface area contributed by atoms with Crippen LogP contribution in [-0.4, -0.2) is 29.0 Å². The van der Waals surface area contributed by atoms with E-state index in [1.165, 1.54) is 0 Å². The number of anilines is 2. The lowest BCUT2D eigenvalue weighted by molar-refractivity contribution is -0.388. The molecule has 1 N–H and O–H groups in total. The Labute approximate surface area is 173 Å². The van der Waals surface area contributed by atoms with Crippen molar-refractivity contribution in [2.24, 2.45) is 0 Å². The van der Waals surface area contributed by atoms with Crippen molar-refractivity contribution < 1.29 is 27.7 Å². The van der Waals surface area contributed by atoms with Gasteiger partial charge in [0.1, 0.15) is 0 Å². The second kappa shape index (κ2) is 8.74. The van der Waals surface area contributed by atoms with Gasteiger partial charge in [-0.3, -0.25) is 19.7 Å². The van der Waals surface area contributed by atoms with Crippen LogP contribution in [0.4, 0.5) is 30.2 Å². The largest absolute Gasteiger partial charge is 0.416 e. The van der Waals surface area contributed by atoms with Gasteiger partial charge in [0.15, 0.2) is 0 Å². The van der Waals surface area contributed by atoms with Crippen LogP contribution in [0.1, 0.15) is 18.4 Å². The van der Waals surface area contributed by atoms with E-state index in [1.807, 2.05) is 0 Å². The second-order valence-corrected chi connectivity index (χ2v) is 7.49. The molecular weight excluding hydrogens is 423 g/mol. The molecule has 158 valence electrons. The van der Waals surface area contributed by atoms with Crippen LogP contribution in [-0.2, 0) is 15.8 Å². The predicted molar refractivity (Wildman–Crippen MR) is 105 cm³/mol. The molecule has 0 spiro atoms. The minimum atomic E-state index is -4.70. The Balaban J connectivity index is 1.62. The Hall–Kier alpha value is -3.08. The van der Waals surface area contributed by atoms with Crippen molar-refractivity contribution in [2.45, 2.75) is 23.9 Å². The third-order valence-corrected chi connectivity index (χ3v) is 5.44. The lowest BCUT2D eigenvalue weighted by Gasteiger charge is -2.16. The van der Waals surface area contributed by atoms with Crippen LogP contribution in [0, 0.1) is 10.1 Å². The quantitative estimate of drug-likeness (QED) is 0.407. The summed E-state index contributed by atoms with van der Waals surface area (Å²) < 4.78 is 38.3. The molecule has 1 aliphatic rings. The summed E-state index contributed by atoms with van der Waals surface area (Å²) >= 11 is 0.772. The highest BCUT2D eigenvalue weighted by Crippen LogP contribution is 2.36. The predicted octanol–water partition coefficient (Wildman–Crippen LogP) is 4.47. The summed E-state index contributed by atoms with van der Waals surface area (Å²) in [5.74, 6) is -0.654. The summed E-state index contributed by atoms with van der Waals surface area (Å²) in [5, 5.41) is 13.7. The Bertz CT molecular complexity index is 980. The maximum atomic E-state index is 12.8.